The van der Waals surface area contributed by atoms with Gasteiger partial charge in [0.2, 0.25) is 5.91 Å². The Labute approximate surface area is 120 Å². The van der Waals surface area contributed by atoms with Crippen LogP contribution in [-0.2, 0) is 17.6 Å². The molecular formula is C16H23N3O. The number of nitrogens with one attached hydrogen (secondary N) is 1. The Morgan fingerprint density at radius 2 is 1.85 bits per heavy atom. The van der Waals surface area contributed by atoms with Crippen LogP contribution in [0.15, 0.2) is 24.3 Å². The third kappa shape index (κ3) is 3.38. The van der Waals surface area contributed by atoms with Crippen molar-refractivity contribution in [1.29, 1.82) is 0 Å². The van der Waals surface area contributed by atoms with Crippen molar-refractivity contribution < 1.29 is 4.79 Å². The number of nitrogens with zero attached hydrogens (tertiary/aromatic N) is 1. The normalized spacial score (nSPS) is 21.0. The van der Waals surface area contributed by atoms with Gasteiger partial charge < -0.3 is 16.0 Å². The molecule has 1 amide bonds. The van der Waals surface area contributed by atoms with E-state index in [0.29, 0.717) is 6.04 Å². The zero-order valence-corrected chi connectivity index (χ0v) is 11.8. The molecule has 1 aliphatic carbocycles. The molecular weight excluding hydrogens is 250 g/mol. The third-order valence-corrected chi connectivity index (χ3v) is 4.31. The molecule has 0 aromatic heterocycles. The van der Waals surface area contributed by atoms with E-state index in [2.05, 4.69) is 34.5 Å². The summed E-state index contributed by atoms with van der Waals surface area (Å²) >= 11 is 0. The van der Waals surface area contributed by atoms with Crippen LogP contribution >= 0.6 is 0 Å². The Kier molecular flexibility index (Phi) is 4.03. The first-order valence-electron chi connectivity index (χ1n) is 7.57. The molecule has 108 valence electrons. The number of carbonyl (C=O) groups is 1. The van der Waals surface area contributed by atoms with E-state index in [1.54, 1.807) is 0 Å². The lowest BCUT2D eigenvalue weighted by atomic mass is 10.0. The first-order valence-corrected chi connectivity index (χ1v) is 7.57. The lowest BCUT2D eigenvalue weighted by Crippen LogP contribution is -2.50. The molecule has 1 aliphatic heterocycles. The summed E-state index contributed by atoms with van der Waals surface area (Å²) < 4.78 is 0. The van der Waals surface area contributed by atoms with E-state index < -0.39 is 0 Å². The molecule has 1 saturated carbocycles. The average Bonchev–Trinajstić information content (AvgIpc) is 3.26. The zero-order chi connectivity index (χ0) is 13.9. The predicted molar refractivity (Wildman–Crippen MR) is 79.4 cm³/mol. The summed E-state index contributed by atoms with van der Waals surface area (Å²) in [4.78, 5) is 13.9. The first-order chi connectivity index (χ1) is 9.72. The van der Waals surface area contributed by atoms with Crippen LogP contribution in [0.4, 0.5) is 0 Å². The Morgan fingerprint density at radius 3 is 2.35 bits per heavy atom. The fourth-order valence-electron chi connectivity index (χ4n) is 2.91. The molecule has 1 fully saturated rings. The SMILES string of the molecule is NC(=O)C(CN1CCc2ccccc2CC1)NC1CC1. The number of hydrogen-bond donors (Lipinski definition) is 2. The summed E-state index contributed by atoms with van der Waals surface area (Å²) in [5.41, 5.74) is 8.42. The standard InChI is InChI=1S/C16H23N3O/c17-16(20)15(18-14-5-6-14)11-19-9-7-12-3-1-2-4-13(12)8-10-19/h1-4,14-15,18H,5-11H2,(H2,17,20). The van der Waals surface area contributed by atoms with Crippen molar-refractivity contribution in [2.24, 2.45) is 5.73 Å². The van der Waals surface area contributed by atoms with Gasteiger partial charge in [-0.15, -0.1) is 0 Å². The molecule has 20 heavy (non-hydrogen) atoms. The van der Waals surface area contributed by atoms with E-state index >= 15 is 0 Å². The zero-order valence-electron chi connectivity index (χ0n) is 11.8. The molecule has 3 rings (SSSR count). The molecule has 1 heterocycles. The average molecular weight is 273 g/mol. The summed E-state index contributed by atoms with van der Waals surface area (Å²) in [6.07, 6.45) is 4.47. The number of nitrogens with two attached hydrogens (primary N) is 1. The molecule has 0 bridgehead atoms. The van der Waals surface area contributed by atoms with Gasteiger partial charge in [-0.3, -0.25) is 4.79 Å². The second kappa shape index (κ2) is 5.94. The van der Waals surface area contributed by atoms with Gasteiger partial charge in [0.25, 0.3) is 0 Å². The maximum absolute atomic E-state index is 11.6. The molecule has 0 saturated heterocycles. The molecule has 0 spiro atoms. The monoisotopic (exact) mass is 273 g/mol. The largest absolute Gasteiger partial charge is 0.368 e. The van der Waals surface area contributed by atoms with Crippen molar-refractivity contribution in [2.45, 2.75) is 37.8 Å². The van der Waals surface area contributed by atoms with Crippen molar-refractivity contribution in [3.05, 3.63) is 35.4 Å². The minimum Gasteiger partial charge on any atom is -0.368 e. The molecule has 1 aromatic rings. The molecule has 3 N–H and O–H groups in total. The quantitative estimate of drug-likeness (QED) is 0.830. The van der Waals surface area contributed by atoms with Gasteiger partial charge in [0.15, 0.2) is 0 Å². The van der Waals surface area contributed by atoms with Crippen LogP contribution in [-0.4, -0.2) is 42.5 Å². The predicted octanol–water partition coefficient (Wildman–Crippen LogP) is 0.693. The second-order valence-corrected chi connectivity index (χ2v) is 5.97. The van der Waals surface area contributed by atoms with E-state index in [1.807, 2.05) is 0 Å². The number of carbonyl (C=O) groups excluding carboxylic acids is 1. The molecule has 4 nitrogen and oxygen atoms in total. The summed E-state index contributed by atoms with van der Waals surface area (Å²) in [5.74, 6) is -0.223. The van der Waals surface area contributed by atoms with Gasteiger partial charge in [0.1, 0.15) is 0 Å². The summed E-state index contributed by atoms with van der Waals surface area (Å²) in [5, 5.41) is 3.36. The third-order valence-electron chi connectivity index (χ3n) is 4.31. The minimum atomic E-state index is -0.223. The topological polar surface area (TPSA) is 58.4 Å². The number of amides is 1. The Bertz CT molecular complexity index is 457. The number of primary amides is 1. The van der Waals surface area contributed by atoms with Crippen molar-refractivity contribution in [1.82, 2.24) is 10.2 Å². The van der Waals surface area contributed by atoms with Crippen LogP contribution in [0.2, 0.25) is 0 Å². The highest BCUT2D eigenvalue weighted by Gasteiger charge is 2.28. The molecule has 1 aromatic carbocycles. The second-order valence-electron chi connectivity index (χ2n) is 5.97. The van der Waals surface area contributed by atoms with Crippen molar-refractivity contribution >= 4 is 5.91 Å². The number of hydrogen-bond acceptors (Lipinski definition) is 3. The van der Waals surface area contributed by atoms with E-state index in [-0.39, 0.29) is 11.9 Å². The summed E-state index contributed by atoms with van der Waals surface area (Å²) in [6.45, 7) is 2.75. The maximum Gasteiger partial charge on any atom is 0.235 e. The van der Waals surface area contributed by atoms with E-state index in [4.69, 9.17) is 5.73 Å². The van der Waals surface area contributed by atoms with Crippen LogP contribution in [0.3, 0.4) is 0 Å². The van der Waals surface area contributed by atoms with Crippen LogP contribution in [0.1, 0.15) is 24.0 Å². The van der Waals surface area contributed by atoms with E-state index in [9.17, 15) is 4.79 Å². The van der Waals surface area contributed by atoms with E-state index in [0.717, 1.165) is 32.5 Å². The lowest BCUT2D eigenvalue weighted by Gasteiger charge is -2.25. The van der Waals surface area contributed by atoms with Gasteiger partial charge in [0.05, 0.1) is 6.04 Å². The summed E-state index contributed by atoms with van der Waals surface area (Å²) in [7, 11) is 0. The van der Waals surface area contributed by atoms with Gasteiger partial charge in [-0.25, -0.2) is 0 Å². The smallest absolute Gasteiger partial charge is 0.235 e. The molecule has 1 unspecified atom stereocenters. The Morgan fingerprint density at radius 1 is 1.25 bits per heavy atom. The van der Waals surface area contributed by atoms with Crippen LogP contribution in [0.5, 0.6) is 0 Å². The highest BCUT2D eigenvalue weighted by Crippen LogP contribution is 2.20. The van der Waals surface area contributed by atoms with Crippen molar-refractivity contribution in [2.75, 3.05) is 19.6 Å². The van der Waals surface area contributed by atoms with Crippen molar-refractivity contribution in [3.63, 3.8) is 0 Å². The van der Waals surface area contributed by atoms with Crippen LogP contribution in [0, 0.1) is 0 Å². The van der Waals surface area contributed by atoms with Gasteiger partial charge in [0, 0.05) is 25.7 Å². The fraction of sp³-hybridized carbons (Fsp3) is 0.562. The van der Waals surface area contributed by atoms with Gasteiger partial charge in [-0.1, -0.05) is 24.3 Å². The van der Waals surface area contributed by atoms with Gasteiger partial charge in [-0.2, -0.15) is 0 Å². The Hall–Kier alpha value is -1.39. The Balaban J connectivity index is 1.59. The van der Waals surface area contributed by atoms with Crippen molar-refractivity contribution in [3.8, 4) is 0 Å². The molecule has 2 aliphatic rings. The maximum atomic E-state index is 11.6. The highest BCUT2D eigenvalue weighted by atomic mass is 16.1. The number of rotatable bonds is 5. The minimum absolute atomic E-state index is 0.205. The highest BCUT2D eigenvalue weighted by molar-refractivity contribution is 5.80. The first kappa shape index (κ1) is 13.6. The van der Waals surface area contributed by atoms with Gasteiger partial charge in [-0.05, 0) is 36.8 Å². The molecule has 0 radical (unpaired) electrons. The molecule has 4 heteroatoms. The lowest BCUT2D eigenvalue weighted by molar-refractivity contribution is -0.120. The number of fused-ring (bicyclic) bond motifs is 1. The van der Waals surface area contributed by atoms with Crippen LogP contribution in [0.25, 0.3) is 0 Å². The summed E-state index contributed by atoms with van der Waals surface area (Å²) in [6, 6.07) is 8.95. The van der Waals surface area contributed by atoms with E-state index in [1.165, 1.54) is 24.0 Å². The fourth-order valence-corrected chi connectivity index (χ4v) is 2.91. The molecule has 1 atom stereocenters. The van der Waals surface area contributed by atoms with Gasteiger partial charge >= 0.3 is 0 Å². The number of benzene rings is 1. The van der Waals surface area contributed by atoms with Crippen LogP contribution < -0.4 is 11.1 Å².